The van der Waals surface area contributed by atoms with E-state index >= 15 is 0 Å². The molecule has 0 aromatic heterocycles. The molecule has 2 atom stereocenters. The summed E-state index contributed by atoms with van der Waals surface area (Å²) in [6.45, 7) is 6.11. The molecule has 0 spiro atoms. The Morgan fingerprint density at radius 2 is 2.40 bits per heavy atom. The molecule has 86 valence electrons. The SMILES string of the molecule is C[C@@H]1COCCN1C(=O)[C@@H]1CCCNC1. The molecule has 0 aromatic carbocycles. The van der Waals surface area contributed by atoms with E-state index in [-0.39, 0.29) is 12.0 Å². The number of morpholine rings is 1. The van der Waals surface area contributed by atoms with Crippen molar-refractivity contribution in [2.24, 2.45) is 5.92 Å². The van der Waals surface area contributed by atoms with Gasteiger partial charge in [0.15, 0.2) is 0 Å². The van der Waals surface area contributed by atoms with E-state index in [1.54, 1.807) is 0 Å². The van der Waals surface area contributed by atoms with Gasteiger partial charge >= 0.3 is 0 Å². The Morgan fingerprint density at radius 1 is 1.53 bits per heavy atom. The predicted octanol–water partition coefficient (Wildman–Crippen LogP) is 0.233. The van der Waals surface area contributed by atoms with Crippen molar-refractivity contribution >= 4 is 5.91 Å². The molecule has 0 unspecified atom stereocenters. The van der Waals surface area contributed by atoms with Gasteiger partial charge < -0.3 is 15.0 Å². The number of nitrogens with zero attached hydrogens (tertiary/aromatic N) is 1. The second kappa shape index (κ2) is 4.94. The standard InChI is InChI=1S/C11H20N2O2/c1-9-8-15-6-5-13(9)11(14)10-3-2-4-12-7-10/h9-10,12H,2-8H2,1H3/t9-,10-/m1/s1. The molecule has 0 saturated carbocycles. The summed E-state index contributed by atoms with van der Waals surface area (Å²) in [7, 11) is 0. The first-order chi connectivity index (χ1) is 7.29. The summed E-state index contributed by atoms with van der Waals surface area (Å²) in [6.07, 6.45) is 2.16. The lowest BCUT2D eigenvalue weighted by Gasteiger charge is -2.36. The third-order valence-electron chi connectivity index (χ3n) is 3.30. The number of ether oxygens (including phenoxy) is 1. The number of rotatable bonds is 1. The van der Waals surface area contributed by atoms with Crippen molar-refractivity contribution in [3.8, 4) is 0 Å². The summed E-state index contributed by atoms with van der Waals surface area (Å²) in [4.78, 5) is 14.2. The molecule has 2 aliphatic rings. The van der Waals surface area contributed by atoms with Gasteiger partial charge in [0, 0.05) is 13.1 Å². The van der Waals surface area contributed by atoms with Gasteiger partial charge in [0.2, 0.25) is 5.91 Å². The number of amides is 1. The quantitative estimate of drug-likeness (QED) is 0.676. The molecule has 1 amide bonds. The highest BCUT2D eigenvalue weighted by atomic mass is 16.5. The van der Waals surface area contributed by atoms with Crippen LogP contribution >= 0.6 is 0 Å². The second-order valence-corrected chi connectivity index (χ2v) is 4.50. The minimum atomic E-state index is 0.194. The highest BCUT2D eigenvalue weighted by molar-refractivity contribution is 5.79. The Kier molecular flexibility index (Phi) is 3.59. The van der Waals surface area contributed by atoms with Crippen LogP contribution in [0.1, 0.15) is 19.8 Å². The molecular weight excluding hydrogens is 192 g/mol. The third kappa shape index (κ3) is 2.49. The third-order valence-corrected chi connectivity index (χ3v) is 3.30. The molecule has 0 aromatic rings. The van der Waals surface area contributed by atoms with Gasteiger partial charge in [-0.15, -0.1) is 0 Å². The van der Waals surface area contributed by atoms with Crippen LogP contribution in [0.2, 0.25) is 0 Å². The molecule has 2 aliphatic heterocycles. The lowest BCUT2D eigenvalue weighted by atomic mass is 9.97. The Balaban J connectivity index is 1.92. The zero-order chi connectivity index (χ0) is 10.7. The molecule has 2 heterocycles. The Bertz CT molecular complexity index is 227. The van der Waals surface area contributed by atoms with E-state index in [1.165, 1.54) is 0 Å². The van der Waals surface area contributed by atoms with E-state index in [9.17, 15) is 4.79 Å². The Labute approximate surface area is 91.0 Å². The average molecular weight is 212 g/mol. The van der Waals surface area contributed by atoms with E-state index in [1.807, 2.05) is 4.90 Å². The van der Waals surface area contributed by atoms with Crippen LogP contribution in [0.4, 0.5) is 0 Å². The second-order valence-electron chi connectivity index (χ2n) is 4.50. The fourth-order valence-electron chi connectivity index (χ4n) is 2.35. The number of hydrogen-bond acceptors (Lipinski definition) is 3. The molecule has 4 heteroatoms. The zero-order valence-corrected chi connectivity index (χ0v) is 9.37. The maximum atomic E-state index is 12.2. The van der Waals surface area contributed by atoms with Crippen molar-refractivity contribution in [2.45, 2.75) is 25.8 Å². The van der Waals surface area contributed by atoms with Crippen LogP contribution in [0.15, 0.2) is 0 Å². The maximum absolute atomic E-state index is 12.2. The molecule has 2 rings (SSSR count). The van der Waals surface area contributed by atoms with E-state index < -0.39 is 0 Å². The van der Waals surface area contributed by atoms with Gasteiger partial charge in [0.25, 0.3) is 0 Å². The monoisotopic (exact) mass is 212 g/mol. The van der Waals surface area contributed by atoms with Crippen molar-refractivity contribution in [2.75, 3.05) is 32.8 Å². The summed E-state index contributed by atoms with van der Waals surface area (Å²) < 4.78 is 5.34. The van der Waals surface area contributed by atoms with Gasteiger partial charge in [-0.2, -0.15) is 0 Å². The Hall–Kier alpha value is -0.610. The highest BCUT2D eigenvalue weighted by Crippen LogP contribution is 2.16. The van der Waals surface area contributed by atoms with Crippen LogP contribution in [0.25, 0.3) is 0 Å². The van der Waals surface area contributed by atoms with E-state index in [0.29, 0.717) is 19.1 Å². The van der Waals surface area contributed by atoms with Gasteiger partial charge in [0.05, 0.1) is 25.2 Å². The van der Waals surface area contributed by atoms with Crippen LogP contribution in [-0.2, 0) is 9.53 Å². The fraction of sp³-hybridized carbons (Fsp3) is 0.909. The molecule has 0 aliphatic carbocycles. The van der Waals surface area contributed by atoms with Gasteiger partial charge in [0.1, 0.15) is 0 Å². The number of hydrogen-bond donors (Lipinski definition) is 1. The number of carbonyl (C=O) groups excluding carboxylic acids is 1. The summed E-state index contributed by atoms with van der Waals surface area (Å²) in [5.41, 5.74) is 0. The van der Waals surface area contributed by atoms with E-state index in [0.717, 1.165) is 32.5 Å². The number of carbonyl (C=O) groups is 1. The lowest BCUT2D eigenvalue weighted by Crippen LogP contribution is -2.51. The lowest BCUT2D eigenvalue weighted by molar-refractivity contribution is -0.144. The zero-order valence-electron chi connectivity index (χ0n) is 9.37. The maximum Gasteiger partial charge on any atom is 0.227 e. The first-order valence-electron chi connectivity index (χ1n) is 5.88. The van der Waals surface area contributed by atoms with Crippen molar-refractivity contribution < 1.29 is 9.53 Å². The topological polar surface area (TPSA) is 41.6 Å². The molecule has 0 radical (unpaired) electrons. The first kappa shape index (κ1) is 10.9. The van der Waals surface area contributed by atoms with Gasteiger partial charge in [-0.25, -0.2) is 0 Å². The molecular formula is C11H20N2O2. The van der Waals surface area contributed by atoms with Crippen molar-refractivity contribution in [3.63, 3.8) is 0 Å². The predicted molar refractivity (Wildman–Crippen MR) is 57.6 cm³/mol. The smallest absolute Gasteiger partial charge is 0.227 e. The van der Waals surface area contributed by atoms with Crippen molar-refractivity contribution in [3.05, 3.63) is 0 Å². The molecule has 15 heavy (non-hydrogen) atoms. The molecule has 2 saturated heterocycles. The minimum Gasteiger partial charge on any atom is -0.377 e. The first-order valence-corrected chi connectivity index (χ1v) is 5.88. The van der Waals surface area contributed by atoms with Crippen LogP contribution in [0.3, 0.4) is 0 Å². The van der Waals surface area contributed by atoms with Crippen LogP contribution < -0.4 is 5.32 Å². The molecule has 1 N–H and O–H groups in total. The summed E-state index contributed by atoms with van der Waals surface area (Å²) in [5.74, 6) is 0.511. The minimum absolute atomic E-state index is 0.194. The fourth-order valence-corrected chi connectivity index (χ4v) is 2.35. The normalized spacial score (nSPS) is 32.7. The van der Waals surface area contributed by atoms with E-state index in [2.05, 4.69) is 12.2 Å². The van der Waals surface area contributed by atoms with E-state index in [4.69, 9.17) is 4.74 Å². The molecule has 2 fully saturated rings. The average Bonchev–Trinajstić information content (AvgIpc) is 2.30. The van der Waals surface area contributed by atoms with Gasteiger partial charge in [-0.05, 0) is 26.3 Å². The summed E-state index contributed by atoms with van der Waals surface area (Å²) in [5, 5.41) is 3.29. The Morgan fingerprint density at radius 3 is 3.07 bits per heavy atom. The largest absolute Gasteiger partial charge is 0.377 e. The van der Waals surface area contributed by atoms with Crippen LogP contribution in [-0.4, -0.2) is 49.7 Å². The van der Waals surface area contributed by atoms with Gasteiger partial charge in [-0.3, -0.25) is 4.79 Å². The molecule has 4 nitrogen and oxygen atoms in total. The molecule has 0 bridgehead atoms. The summed E-state index contributed by atoms with van der Waals surface area (Å²) >= 11 is 0. The van der Waals surface area contributed by atoms with Crippen molar-refractivity contribution in [1.29, 1.82) is 0 Å². The van der Waals surface area contributed by atoms with Crippen LogP contribution in [0.5, 0.6) is 0 Å². The number of nitrogens with one attached hydrogen (secondary N) is 1. The summed E-state index contributed by atoms with van der Waals surface area (Å²) in [6, 6.07) is 0.244. The number of piperidine rings is 1. The van der Waals surface area contributed by atoms with Crippen molar-refractivity contribution in [1.82, 2.24) is 10.2 Å². The highest BCUT2D eigenvalue weighted by Gasteiger charge is 2.30. The van der Waals surface area contributed by atoms with Gasteiger partial charge in [-0.1, -0.05) is 0 Å². The van der Waals surface area contributed by atoms with Crippen LogP contribution in [0, 0.1) is 5.92 Å².